The summed E-state index contributed by atoms with van der Waals surface area (Å²) in [6, 6.07) is 6.10. The van der Waals surface area contributed by atoms with Crippen LogP contribution in [0.15, 0.2) is 24.3 Å². The Kier molecular flexibility index (Phi) is 5.78. The van der Waals surface area contributed by atoms with Gasteiger partial charge in [0.1, 0.15) is 22.2 Å². The second kappa shape index (κ2) is 7.10. The Morgan fingerprint density at radius 2 is 1.89 bits per heavy atom. The quantitative estimate of drug-likeness (QED) is 0.672. The molecule has 106 valence electrons. The van der Waals surface area contributed by atoms with Gasteiger partial charge in [-0.3, -0.25) is 0 Å². The average molecular weight is 287 g/mol. The molecule has 0 aliphatic heterocycles. The van der Waals surface area contributed by atoms with Crippen molar-refractivity contribution in [2.75, 3.05) is 31.7 Å². The standard InChI is InChI=1S/C12H17NO5S/c1-19(16,17)9-7-13-6-8-18-11-4-2-10(3-5-11)12(14)15/h2-5,13H,6-9H2,1H3,(H,14,15). The minimum Gasteiger partial charge on any atom is -0.492 e. The van der Waals surface area contributed by atoms with Crippen molar-refractivity contribution in [3.05, 3.63) is 29.8 Å². The molecule has 7 heteroatoms. The molecule has 0 fully saturated rings. The van der Waals surface area contributed by atoms with Crippen molar-refractivity contribution in [2.45, 2.75) is 0 Å². The summed E-state index contributed by atoms with van der Waals surface area (Å²) < 4.78 is 27.1. The van der Waals surface area contributed by atoms with Crippen molar-refractivity contribution in [3.8, 4) is 5.75 Å². The summed E-state index contributed by atoms with van der Waals surface area (Å²) in [5.41, 5.74) is 0.207. The highest BCUT2D eigenvalue weighted by Crippen LogP contribution is 2.11. The fourth-order valence-electron chi connectivity index (χ4n) is 1.32. The summed E-state index contributed by atoms with van der Waals surface area (Å²) in [6.07, 6.45) is 1.19. The zero-order chi connectivity index (χ0) is 14.3. The maximum atomic E-state index is 10.9. The Morgan fingerprint density at radius 1 is 1.26 bits per heavy atom. The third kappa shape index (κ3) is 6.78. The number of hydrogen-bond donors (Lipinski definition) is 2. The predicted molar refractivity (Wildman–Crippen MR) is 71.5 cm³/mol. The van der Waals surface area contributed by atoms with E-state index in [2.05, 4.69) is 5.32 Å². The van der Waals surface area contributed by atoms with E-state index in [9.17, 15) is 13.2 Å². The maximum absolute atomic E-state index is 10.9. The number of carboxylic acids is 1. The Morgan fingerprint density at radius 3 is 2.42 bits per heavy atom. The van der Waals surface area contributed by atoms with E-state index in [1.54, 1.807) is 12.1 Å². The van der Waals surface area contributed by atoms with Crippen molar-refractivity contribution >= 4 is 15.8 Å². The predicted octanol–water partition coefficient (Wildman–Crippen LogP) is 0.398. The highest BCUT2D eigenvalue weighted by Gasteiger charge is 2.02. The molecule has 0 bridgehead atoms. The van der Waals surface area contributed by atoms with Gasteiger partial charge in [-0.15, -0.1) is 0 Å². The Labute approximate surface area is 112 Å². The topological polar surface area (TPSA) is 92.7 Å². The van der Waals surface area contributed by atoms with Gasteiger partial charge in [0.15, 0.2) is 0 Å². The molecule has 19 heavy (non-hydrogen) atoms. The molecule has 0 spiro atoms. The van der Waals surface area contributed by atoms with E-state index in [4.69, 9.17) is 9.84 Å². The lowest BCUT2D eigenvalue weighted by atomic mass is 10.2. The van der Waals surface area contributed by atoms with E-state index < -0.39 is 15.8 Å². The monoisotopic (exact) mass is 287 g/mol. The van der Waals surface area contributed by atoms with E-state index in [1.807, 2.05) is 0 Å². The molecule has 0 amide bonds. The molecule has 1 rings (SSSR count). The molecule has 0 saturated carbocycles. The third-order valence-corrected chi connectivity index (χ3v) is 3.24. The first-order valence-electron chi connectivity index (χ1n) is 5.73. The van der Waals surface area contributed by atoms with Gasteiger partial charge in [-0.1, -0.05) is 0 Å². The number of carbonyl (C=O) groups is 1. The van der Waals surface area contributed by atoms with E-state index >= 15 is 0 Å². The summed E-state index contributed by atoms with van der Waals surface area (Å²) in [6.45, 7) is 1.30. The average Bonchev–Trinajstić information content (AvgIpc) is 2.33. The highest BCUT2D eigenvalue weighted by atomic mass is 32.2. The zero-order valence-corrected chi connectivity index (χ0v) is 11.4. The fourth-order valence-corrected chi connectivity index (χ4v) is 1.83. The molecule has 0 aromatic heterocycles. The van der Waals surface area contributed by atoms with Crippen molar-refractivity contribution in [2.24, 2.45) is 0 Å². The highest BCUT2D eigenvalue weighted by molar-refractivity contribution is 7.90. The normalized spacial score (nSPS) is 11.2. The van der Waals surface area contributed by atoms with Gasteiger partial charge in [-0.25, -0.2) is 13.2 Å². The second-order valence-corrected chi connectivity index (χ2v) is 6.32. The van der Waals surface area contributed by atoms with E-state index in [0.29, 0.717) is 25.4 Å². The van der Waals surface area contributed by atoms with Crippen molar-refractivity contribution in [3.63, 3.8) is 0 Å². The van der Waals surface area contributed by atoms with Gasteiger partial charge in [0.25, 0.3) is 0 Å². The smallest absolute Gasteiger partial charge is 0.335 e. The Balaban J connectivity index is 2.21. The second-order valence-electron chi connectivity index (χ2n) is 4.06. The molecular formula is C12H17NO5S. The van der Waals surface area contributed by atoms with Gasteiger partial charge in [0.2, 0.25) is 0 Å². The Bertz CT molecular complexity index is 509. The molecule has 1 aromatic carbocycles. The molecule has 1 aromatic rings. The largest absolute Gasteiger partial charge is 0.492 e. The maximum Gasteiger partial charge on any atom is 0.335 e. The van der Waals surface area contributed by atoms with Gasteiger partial charge in [0.05, 0.1) is 11.3 Å². The number of hydrogen-bond acceptors (Lipinski definition) is 5. The summed E-state index contributed by atoms with van der Waals surface area (Å²) in [5, 5.41) is 11.7. The molecule has 6 nitrogen and oxygen atoms in total. The number of aromatic carboxylic acids is 1. The van der Waals surface area contributed by atoms with Crippen LogP contribution in [0.2, 0.25) is 0 Å². The number of ether oxygens (including phenoxy) is 1. The van der Waals surface area contributed by atoms with Gasteiger partial charge in [-0.2, -0.15) is 0 Å². The molecular weight excluding hydrogens is 270 g/mol. The first-order valence-corrected chi connectivity index (χ1v) is 7.79. The lowest BCUT2D eigenvalue weighted by Crippen LogP contribution is -2.26. The van der Waals surface area contributed by atoms with E-state index in [-0.39, 0.29) is 11.3 Å². The van der Waals surface area contributed by atoms with Gasteiger partial charge in [0, 0.05) is 19.3 Å². The molecule has 0 unspecified atom stereocenters. The van der Waals surface area contributed by atoms with E-state index in [1.165, 1.54) is 18.4 Å². The number of benzene rings is 1. The number of nitrogens with one attached hydrogen (secondary N) is 1. The summed E-state index contributed by atoms with van der Waals surface area (Å²) in [5.74, 6) is -0.302. The van der Waals surface area contributed by atoms with Crippen LogP contribution in [0.1, 0.15) is 10.4 Å². The van der Waals surface area contributed by atoms with Crippen LogP contribution in [0.4, 0.5) is 0 Å². The lowest BCUT2D eigenvalue weighted by molar-refractivity contribution is 0.0697. The molecule has 0 aliphatic carbocycles. The van der Waals surface area contributed by atoms with E-state index in [0.717, 1.165) is 0 Å². The summed E-state index contributed by atoms with van der Waals surface area (Å²) in [7, 11) is -2.94. The minimum absolute atomic E-state index is 0.0975. The summed E-state index contributed by atoms with van der Waals surface area (Å²) >= 11 is 0. The zero-order valence-electron chi connectivity index (χ0n) is 10.6. The van der Waals surface area contributed by atoms with Crippen LogP contribution in [0.3, 0.4) is 0 Å². The molecule has 2 N–H and O–H groups in total. The lowest BCUT2D eigenvalue weighted by Gasteiger charge is -2.07. The number of carboxylic acid groups (broad SMARTS) is 1. The van der Waals surface area contributed by atoms with Crippen LogP contribution in [0.5, 0.6) is 5.75 Å². The molecule has 0 saturated heterocycles. The molecule has 0 radical (unpaired) electrons. The van der Waals surface area contributed by atoms with Crippen LogP contribution in [0.25, 0.3) is 0 Å². The Hall–Kier alpha value is -1.60. The van der Waals surface area contributed by atoms with Gasteiger partial charge < -0.3 is 15.2 Å². The van der Waals surface area contributed by atoms with Gasteiger partial charge in [-0.05, 0) is 24.3 Å². The minimum atomic E-state index is -2.94. The molecule has 0 atom stereocenters. The van der Waals surface area contributed by atoms with Crippen LogP contribution < -0.4 is 10.1 Å². The SMILES string of the molecule is CS(=O)(=O)CCNCCOc1ccc(C(=O)O)cc1. The fraction of sp³-hybridized carbons (Fsp3) is 0.417. The van der Waals surface area contributed by atoms with Crippen LogP contribution in [-0.4, -0.2) is 51.2 Å². The number of rotatable bonds is 8. The van der Waals surface area contributed by atoms with Crippen molar-refractivity contribution in [1.82, 2.24) is 5.32 Å². The molecule has 0 aliphatic rings. The number of sulfone groups is 1. The third-order valence-electron chi connectivity index (χ3n) is 2.30. The van der Waals surface area contributed by atoms with Crippen LogP contribution in [0, 0.1) is 0 Å². The van der Waals surface area contributed by atoms with Crippen LogP contribution in [-0.2, 0) is 9.84 Å². The summed E-state index contributed by atoms with van der Waals surface area (Å²) in [4.78, 5) is 10.6. The van der Waals surface area contributed by atoms with Crippen LogP contribution >= 0.6 is 0 Å². The van der Waals surface area contributed by atoms with Crippen molar-refractivity contribution < 1.29 is 23.1 Å². The molecule has 0 heterocycles. The first-order chi connectivity index (χ1) is 8.88. The first kappa shape index (κ1) is 15.5. The van der Waals surface area contributed by atoms with Gasteiger partial charge >= 0.3 is 5.97 Å². The van der Waals surface area contributed by atoms with Crippen molar-refractivity contribution in [1.29, 1.82) is 0 Å².